The number of ether oxygens (including phenoxy) is 1. The Labute approximate surface area is 239 Å². The molecule has 1 saturated carbocycles. The Hall–Kier alpha value is -2.86. The molecule has 3 heterocycles. The third-order valence-corrected chi connectivity index (χ3v) is 10.1. The molecule has 2 aromatic rings. The fourth-order valence-electron chi connectivity index (χ4n) is 8.59. The van der Waals surface area contributed by atoms with Crippen LogP contribution in [0.1, 0.15) is 80.8 Å². The second-order valence-corrected chi connectivity index (χ2v) is 13.5. The number of hydrogen-bond donors (Lipinski definition) is 1. The van der Waals surface area contributed by atoms with Crippen molar-refractivity contribution in [2.75, 3.05) is 26.2 Å². The summed E-state index contributed by atoms with van der Waals surface area (Å²) in [6.07, 6.45) is 7.36. The van der Waals surface area contributed by atoms with Crippen LogP contribution in [0.15, 0.2) is 54.6 Å². The molecule has 2 aromatic carbocycles. The Balaban J connectivity index is 1.26. The van der Waals surface area contributed by atoms with Gasteiger partial charge in [-0.05, 0) is 107 Å². The second-order valence-electron chi connectivity index (χ2n) is 13.5. The van der Waals surface area contributed by atoms with E-state index in [0.717, 1.165) is 57.3 Å². The maximum atomic E-state index is 13.8. The molecular weight excluding hydrogens is 498 g/mol. The zero-order valence-electron chi connectivity index (χ0n) is 24.4. The van der Waals surface area contributed by atoms with Gasteiger partial charge in [0.15, 0.2) is 0 Å². The molecule has 2 saturated heterocycles. The number of fused-ring (bicyclic) bond motifs is 3. The van der Waals surface area contributed by atoms with E-state index >= 15 is 0 Å². The number of carbonyl (C=O) groups excluding carboxylic acids is 2. The maximum absolute atomic E-state index is 13.8. The van der Waals surface area contributed by atoms with Gasteiger partial charge in [0.25, 0.3) is 5.91 Å². The first-order valence-electron chi connectivity index (χ1n) is 15.4. The highest BCUT2D eigenvalue weighted by atomic mass is 16.6. The maximum Gasteiger partial charge on any atom is 0.407 e. The molecule has 4 unspecified atom stereocenters. The fourth-order valence-corrected chi connectivity index (χ4v) is 8.59. The highest BCUT2D eigenvalue weighted by Gasteiger charge is 2.59. The molecule has 7 rings (SSSR count). The van der Waals surface area contributed by atoms with Gasteiger partial charge < -0.3 is 15.0 Å². The zero-order chi connectivity index (χ0) is 27.9. The molecule has 2 aliphatic carbocycles. The van der Waals surface area contributed by atoms with Crippen molar-refractivity contribution in [3.63, 3.8) is 0 Å². The van der Waals surface area contributed by atoms with E-state index in [4.69, 9.17) is 4.74 Å². The van der Waals surface area contributed by atoms with Gasteiger partial charge in [-0.15, -0.1) is 0 Å². The van der Waals surface area contributed by atoms with Crippen LogP contribution in [-0.4, -0.2) is 65.7 Å². The quantitative estimate of drug-likeness (QED) is 0.484. The SMILES string of the molecule is CC(C)(C)OC(=O)NCCCN1CCC23CC[C@@H]4CN(C(=O)c5ccccc5)C(CCC1Cc1ccccc12)C43. The Morgan fingerprint density at radius 1 is 1.00 bits per heavy atom. The van der Waals surface area contributed by atoms with Gasteiger partial charge >= 0.3 is 6.09 Å². The Kier molecular flexibility index (Phi) is 7.41. The number of alkyl carbamates (subject to hydrolysis) is 1. The van der Waals surface area contributed by atoms with Crippen LogP contribution in [0.2, 0.25) is 0 Å². The highest BCUT2D eigenvalue weighted by Crippen LogP contribution is 2.59. The summed E-state index contributed by atoms with van der Waals surface area (Å²) < 4.78 is 5.43. The number of hydrogen-bond acceptors (Lipinski definition) is 4. The van der Waals surface area contributed by atoms with Crippen LogP contribution in [0.4, 0.5) is 4.79 Å². The van der Waals surface area contributed by atoms with Crippen LogP contribution in [0, 0.1) is 11.8 Å². The number of rotatable bonds is 5. The molecule has 1 spiro atoms. The summed E-state index contributed by atoms with van der Waals surface area (Å²) in [7, 11) is 0. The van der Waals surface area contributed by atoms with Crippen molar-refractivity contribution >= 4 is 12.0 Å². The van der Waals surface area contributed by atoms with Gasteiger partial charge in [-0.25, -0.2) is 4.79 Å². The Morgan fingerprint density at radius 3 is 2.58 bits per heavy atom. The molecule has 3 fully saturated rings. The van der Waals surface area contributed by atoms with Gasteiger partial charge in [0, 0.05) is 42.7 Å². The van der Waals surface area contributed by atoms with Crippen molar-refractivity contribution in [2.24, 2.45) is 11.8 Å². The van der Waals surface area contributed by atoms with Gasteiger partial charge in [0.05, 0.1) is 0 Å². The fraction of sp³-hybridized carbons (Fsp3) is 0.588. The smallest absolute Gasteiger partial charge is 0.407 e. The van der Waals surface area contributed by atoms with Crippen LogP contribution in [0.3, 0.4) is 0 Å². The molecule has 0 radical (unpaired) electrons. The van der Waals surface area contributed by atoms with Crippen LogP contribution in [-0.2, 0) is 16.6 Å². The predicted molar refractivity (Wildman–Crippen MR) is 157 cm³/mol. The number of nitrogens with one attached hydrogen (secondary N) is 1. The first-order valence-corrected chi connectivity index (χ1v) is 15.4. The Morgan fingerprint density at radius 2 is 1.77 bits per heavy atom. The topological polar surface area (TPSA) is 61.9 Å². The molecule has 40 heavy (non-hydrogen) atoms. The molecule has 6 heteroatoms. The van der Waals surface area contributed by atoms with E-state index < -0.39 is 5.60 Å². The van der Waals surface area contributed by atoms with Gasteiger partial charge in [-0.3, -0.25) is 9.69 Å². The Bertz CT molecular complexity index is 1220. The molecule has 2 bridgehead atoms. The summed E-state index contributed by atoms with van der Waals surface area (Å²) >= 11 is 0. The van der Waals surface area contributed by atoms with Gasteiger partial charge in [0.1, 0.15) is 5.60 Å². The first kappa shape index (κ1) is 27.3. The average Bonchev–Trinajstić information content (AvgIpc) is 3.49. The number of carbonyl (C=O) groups is 2. The summed E-state index contributed by atoms with van der Waals surface area (Å²) in [5.74, 6) is 1.31. The minimum absolute atomic E-state index is 0.125. The molecule has 5 atom stereocenters. The minimum atomic E-state index is -0.484. The van der Waals surface area contributed by atoms with Crippen molar-refractivity contribution in [1.29, 1.82) is 0 Å². The summed E-state index contributed by atoms with van der Waals surface area (Å²) in [5, 5.41) is 2.95. The molecule has 2 amide bonds. The van der Waals surface area contributed by atoms with E-state index in [2.05, 4.69) is 39.4 Å². The standard InChI is InChI=1S/C34H45N3O3/c1-33(2,3)40-32(39)35-19-9-20-36-21-18-34-17-16-26-23-37(31(38)24-10-5-4-6-11-24)29(30(26)34)15-14-27(36)22-25-12-7-8-13-28(25)34/h4-8,10-13,26-27,29-30H,9,14-23H2,1-3H3,(H,35,39)/t26-,27?,29?,30?,34?/m1/s1. The van der Waals surface area contributed by atoms with Crippen molar-refractivity contribution in [3.8, 4) is 0 Å². The van der Waals surface area contributed by atoms with E-state index in [1.807, 2.05) is 51.1 Å². The highest BCUT2D eigenvalue weighted by molar-refractivity contribution is 5.94. The van der Waals surface area contributed by atoms with Crippen molar-refractivity contribution in [2.45, 2.75) is 88.8 Å². The summed E-state index contributed by atoms with van der Waals surface area (Å²) in [6, 6.07) is 19.9. The second kappa shape index (κ2) is 10.8. The van der Waals surface area contributed by atoms with Crippen LogP contribution >= 0.6 is 0 Å². The number of likely N-dealkylation sites (tertiary alicyclic amines) is 1. The predicted octanol–water partition coefficient (Wildman–Crippen LogP) is 5.80. The first-order chi connectivity index (χ1) is 19.2. The van der Waals surface area contributed by atoms with Gasteiger partial charge in [0.2, 0.25) is 0 Å². The van der Waals surface area contributed by atoms with E-state index in [1.165, 1.54) is 18.4 Å². The lowest BCUT2D eigenvalue weighted by molar-refractivity contribution is 0.0523. The van der Waals surface area contributed by atoms with Gasteiger partial charge in [-0.1, -0.05) is 42.5 Å². The van der Waals surface area contributed by atoms with Crippen LogP contribution in [0.5, 0.6) is 0 Å². The number of benzene rings is 2. The monoisotopic (exact) mass is 543 g/mol. The summed E-state index contributed by atoms with van der Waals surface area (Å²) in [6.45, 7) is 9.24. The van der Waals surface area contributed by atoms with Crippen molar-refractivity contribution < 1.29 is 14.3 Å². The summed E-state index contributed by atoms with van der Waals surface area (Å²) in [5.41, 5.74) is 3.54. The van der Waals surface area contributed by atoms with Crippen molar-refractivity contribution in [1.82, 2.24) is 15.1 Å². The molecular formula is C34H45N3O3. The lowest BCUT2D eigenvalue weighted by Gasteiger charge is -2.43. The molecule has 0 aromatic heterocycles. The third-order valence-electron chi connectivity index (χ3n) is 10.1. The molecule has 214 valence electrons. The van der Waals surface area contributed by atoms with Crippen LogP contribution in [0.25, 0.3) is 0 Å². The molecule has 6 nitrogen and oxygen atoms in total. The van der Waals surface area contributed by atoms with E-state index in [0.29, 0.717) is 30.5 Å². The van der Waals surface area contributed by atoms with Gasteiger partial charge in [-0.2, -0.15) is 0 Å². The molecule has 1 N–H and O–H groups in total. The van der Waals surface area contributed by atoms with E-state index in [9.17, 15) is 9.59 Å². The summed E-state index contributed by atoms with van der Waals surface area (Å²) in [4.78, 5) is 31.0. The van der Waals surface area contributed by atoms with Crippen molar-refractivity contribution in [3.05, 3.63) is 71.3 Å². The number of amides is 2. The largest absolute Gasteiger partial charge is 0.444 e. The minimum Gasteiger partial charge on any atom is -0.444 e. The molecule has 5 aliphatic rings. The van der Waals surface area contributed by atoms with E-state index in [-0.39, 0.29) is 17.4 Å². The average molecular weight is 544 g/mol. The normalized spacial score (nSPS) is 29.5. The number of nitrogens with zero attached hydrogens (tertiary/aromatic N) is 2. The zero-order valence-corrected chi connectivity index (χ0v) is 24.4. The van der Waals surface area contributed by atoms with Crippen LogP contribution < -0.4 is 5.32 Å². The van der Waals surface area contributed by atoms with E-state index in [1.54, 1.807) is 5.56 Å². The molecule has 3 aliphatic heterocycles. The lowest BCUT2D eigenvalue weighted by atomic mass is 9.65. The third kappa shape index (κ3) is 5.15. The lowest BCUT2D eigenvalue weighted by Crippen LogP contribution is -2.46.